The van der Waals surface area contributed by atoms with Gasteiger partial charge in [0.1, 0.15) is 12.4 Å². The van der Waals surface area contributed by atoms with Crippen LogP contribution < -0.4 is 5.32 Å². The van der Waals surface area contributed by atoms with Crippen LogP contribution in [0.3, 0.4) is 0 Å². The fourth-order valence-electron chi connectivity index (χ4n) is 3.28. The second kappa shape index (κ2) is 6.03. The fourth-order valence-corrected chi connectivity index (χ4v) is 4.19. The smallest absolute Gasteiger partial charge is 0.246 e. The molecule has 0 saturated carbocycles. The number of allylic oxidation sites excluding steroid dienone is 2. The highest BCUT2D eigenvalue weighted by atomic mass is 32.1. The SMILES string of the molecule is O=C(CN1C(=O)[C@H]2CC=CC[C@H]2C1=O)Nc1nc2ccc(F)cc2s1. The van der Waals surface area contributed by atoms with Gasteiger partial charge in [-0.3, -0.25) is 19.3 Å². The molecule has 1 aliphatic carbocycles. The van der Waals surface area contributed by atoms with E-state index in [1.165, 1.54) is 18.2 Å². The molecule has 1 N–H and O–H groups in total. The molecule has 0 radical (unpaired) electrons. The first-order valence-corrected chi connectivity index (χ1v) is 8.71. The van der Waals surface area contributed by atoms with Crippen molar-refractivity contribution in [3.05, 3.63) is 36.2 Å². The Morgan fingerprint density at radius 3 is 2.60 bits per heavy atom. The number of halogens is 1. The molecule has 2 aliphatic rings. The largest absolute Gasteiger partial charge is 0.300 e. The lowest BCUT2D eigenvalue weighted by molar-refractivity contribution is -0.142. The van der Waals surface area contributed by atoms with Crippen LogP contribution in [0.2, 0.25) is 0 Å². The van der Waals surface area contributed by atoms with E-state index in [9.17, 15) is 18.8 Å². The summed E-state index contributed by atoms with van der Waals surface area (Å²) in [5.74, 6) is -2.15. The van der Waals surface area contributed by atoms with Gasteiger partial charge in [-0.15, -0.1) is 0 Å². The number of imide groups is 1. The molecule has 1 saturated heterocycles. The first-order chi connectivity index (χ1) is 12.0. The highest BCUT2D eigenvalue weighted by molar-refractivity contribution is 7.22. The standard InChI is InChI=1S/C17H14FN3O3S/c18-9-5-6-12-13(7-9)25-17(19-12)20-14(22)8-21-15(23)10-3-1-2-4-11(10)16(21)24/h1-2,5-7,10-11H,3-4,8H2,(H,19,20,22)/t10-,11+. The Morgan fingerprint density at radius 2 is 1.92 bits per heavy atom. The Bertz CT molecular complexity index is 897. The number of fused-ring (bicyclic) bond motifs is 2. The molecule has 6 nitrogen and oxygen atoms in total. The molecule has 0 bridgehead atoms. The summed E-state index contributed by atoms with van der Waals surface area (Å²) < 4.78 is 13.8. The first-order valence-electron chi connectivity index (χ1n) is 7.89. The molecule has 25 heavy (non-hydrogen) atoms. The van der Waals surface area contributed by atoms with Crippen LogP contribution in [0.1, 0.15) is 12.8 Å². The number of aromatic nitrogens is 1. The average molecular weight is 359 g/mol. The van der Waals surface area contributed by atoms with E-state index in [2.05, 4.69) is 10.3 Å². The molecule has 8 heteroatoms. The number of nitrogens with one attached hydrogen (secondary N) is 1. The van der Waals surface area contributed by atoms with Crippen molar-refractivity contribution in [2.24, 2.45) is 11.8 Å². The normalized spacial score (nSPS) is 22.5. The van der Waals surface area contributed by atoms with Gasteiger partial charge in [0.05, 0.1) is 22.1 Å². The minimum atomic E-state index is -0.493. The van der Waals surface area contributed by atoms with Gasteiger partial charge in [-0.05, 0) is 31.0 Å². The molecule has 2 atom stereocenters. The van der Waals surface area contributed by atoms with Gasteiger partial charge in [-0.2, -0.15) is 0 Å². The van der Waals surface area contributed by atoms with Crippen LogP contribution in [0.5, 0.6) is 0 Å². The van der Waals surface area contributed by atoms with Crippen LogP contribution >= 0.6 is 11.3 Å². The van der Waals surface area contributed by atoms with E-state index in [4.69, 9.17) is 0 Å². The molecule has 0 spiro atoms. The highest BCUT2D eigenvalue weighted by Crippen LogP contribution is 2.35. The average Bonchev–Trinajstić information content (AvgIpc) is 3.09. The number of hydrogen-bond acceptors (Lipinski definition) is 5. The van der Waals surface area contributed by atoms with Crippen molar-refractivity contribution in [3.8, 4) is 0 Å². The summed E-state index contributed by atoms with van der Waals surface area (Å²) in [6.07, 6.45) is 4.87. The summed E-state index contributed by atoms with van der Waals surface area (Å²) in [5.41, 5.74) is 0.576. The maximum absolute atomic E-state index is 13.2. The van der Waals surface area contributed by atoms with E-state index in [0.29, 0.717) is 28.2 Å². The lowest BCUT2D eigenvalue weighted by atomic mass is 9.85. The van der Waals surface area contributed by atoms with Crippen LogP contribution in [-0.2, 0) is 14.4 Å². The molecular formula is C17H14FN3O3S. The quantitative estimate of drug-likeness (QED) is 0.674. The van der Waals surface area contributed by atoms with Crippen LogP contribution in [0, 0.1) is 17.7 Å². The molecule has 1 fully saturated rings. The summed E-state index contributed by atoms with van der Waals surface area (Å²) >= 11 is 1.14. The first kappa shape index (κ1) is 15.9. The van der Waals surface area contributed by atoms with Gasteiger partial charge >= 0.3 is 0 Å². The second-order valence-electron chi connectivity index (χ2n) is 6.10. The van der Waals surface area contributed by atoms with E-state index in [1.807, 2.05) is 12.2 Å². The molecule has 4 rings (SSSR count). The third kappa shape index (κ3) is 2.82. The van der Waals surface area contributed by atoms with Crippen molar-refractivity contribution < 1.29 is 18.8 Å². The third-order valence-electron chi connectivity index (χ3n) is 4.50. The summed E-state index contributed by atoms with van der Waals surface area (Å²) in [4.78, 5) is 42.2. The van der Waals surface area contributed by atoms with Gasteiger partial charge in [-0.1, -0.05) is 23.5 Å². The van der Waals surface area contributed by atoms with Crippen molar-refractivity contribution in [1.82, 2.24) is 9.88 Å². The number of nitrogens with zero attached hydrogens (tertiary/aromatic N) is 2. The van der Waals surface area contributed by atoms with E-state index in [1.54, 1.807) is 0 Å². The molecule has 1 aromatic heterocycles. The van der Waals surface area contributed by atoms with Crippen LogP contribution in [-0.4, -0.2) is 34.2 Å². The number of benzene rings is 1. The van der Waals surface area contributed by atoms with Gasteiger partial charge in [-0.25, -0.2) is 9.37 Å². The topological polar surface area (TPSA) is 79.4 Å². The zero-order valence-electron chi connectivity index (χ0n) is 13.1. The van der Waals surface area contributed by atoms with Crippen LogP contribution in [0.15, 0.2) is 30.4 Å². The van der Waals surface area contributed by atoms with Crippen LogP contribution in [0.4, 0.5) is 9.52 Å². The second-order valence-corrected chi connectivity index (χ2v) is 7.13. The summed E-state index contributed by atoms with van der Waals surface area (Å²) in [6.45, 7) is -0.324. The number of likely N-dealkylation sites (tertiary alicyclic amines) is 1. The maximum atomic E-state index is 13.2. The molecule has 2 aromatic rings. The lowest BCUT2D eigenvalue weighted by Crippen LogP contribution is -2.38. The fraction of sp³-hybridized carbons (Fsp3) is 0.294. The molecule has 3 amide bonds. The number of carbonyl (C=O) groups is 3. The van der Waals surface area contributed by atoms with Gasteiger partial charge in [0.15, 0.2) is 5.13 Å². The van der Waals surface area contributed by atoms with E-state index < -0.39 is 5.91 Å². The Morgan fingerprint density at radius 1 is 1.24 bits per heavy atom. The van der Waals surface area contributed by atoms with Crippen molar-refractivity contribution in [1.29, 1.82) is 0 Å². The highest BCUT2D eigenvalue weighted by Gasteiger charge is 2.47. The van der Waals surface area contributed by atoms with Crippen molar-refractivity contribution in [2.45, 2.75) is 12.8 Å². The number of amides is 3. The zero-order valence-corrected chi connectivity index (χ0v) is 13.9. The van der Waals surface area contributed by atoms with E-state index >= 15 is 0 Å². The van der Waals surface area contributed by atoms with Gasteiger partial charge in [0, 0.05) is 0 Å². The van der Waals surface area contributed by atoms with E-state index in [0.717, 1.165) is 16.2 Å². The van der Waals surface area contributed by atoms with Gasteiger partial charge in [0.2, 0.25) is 17.7 Å². The molecule has 2 heterocycles. The Balaban J connectivity index is 1.46. The zero-order chi connectivity index (χ0) is 17.6. The van der Waals surface area contributed by atoms with Crippen molar-refractivity contribution in [3.63, 3.8) is 0 Å². The summed E-state index contributed by atoms with van der Waals surface area (Å²) in [7, 11) is 0. The molecule has 1 aromatic carbocycles. The number of anilines is 1. The summed E-state index contributed by atoms with van der Waals surface area (Å²) in [6, 6.07) is 4.17. The monoisotopic (exact) mass is 359 g/mol. The lowest BCUT2D eigenvalue weighted by Gasteiger charge is -2.14. The third-order valence-corrected chi connectivity index (χ3v) is 5.43. The summed E-state index contributed by atoms with van der Waals surface area (Å²) in [5, 5.41) is 2.89. The molecule has 0 unspecified atom stereocenters. The van der Waals surface area contributed by atoms with Gasteiger partial charge < -0.3 is 5.32 Å². The van der Waals surface area contributed by atoms with Crippen LogP contribution in [0.25, 0.3) is 10.2 Å². The number of carbonyl (C=O) groups excluding carboxylic acids is 3. The number of thiazole rings is 1. The van der Waals surface area contributed by atoms with E-state index in [-0.39, 0.29) is 36.0 Å². The maximum Gasteiger partial charge on any atom is 0.246 e. The molecule has 128 valence electrons. The minimum absolute atomic E-state index is 0.291. The van der Waals surface area contributed by atoms with Crippen molar-refractivity contribution >= 4 is 44.4 Å². The van der Waals surface area contributed by atoms with Crippen molar-refractivity contribution in [2.75, 3.05) is 11.9 Å². The Labute approximate surface area is 146 Å². The number of hydrogen-bond donors (Lipinski definition) is 1. The predicted octanol–water partition coefficient (Wildman–Crippen LogP) is 2.33. The predicted molar refractivity (Wildman–Crippen MR) is 90.3 cm³/mol. The molecule has 1 aliphatic heterocycles. The van der Waals surface area contributed by atoms with Gasteiger partial charge in [0.25, 0.3) is 0 Å². The molecular weight excluding hydrogens is 345 g/mol. The minimum Gasteiger partial charge on any atom is -0.300 e. The number of rotatable bonds is 3. The Kier molecular flexibility index (Phi) is 3.84. The Hall–Kier alpha value is -2.61.